The van der Waals surface area contributed by atoms with Crippen molar-refractivity contribution in [2.45, 2.75) is 51.1 Å². The lowest BCUT2D eigenvalue weighted by molar-refractivity contribution is -0.153. The molecule has 14 heteroatoms. The van der Waals surface area contributed by atoms with Crippen LogP contribution in [0.3, 0.4) is 0 Å². The van der Waals surface area contributed by atoms with Gasteiger partial charge in [-0.05, 0) is 31.9 Å². The van der Waals surface area contributed by atoms with Crippen LogP contribution in [0.15, 0.2) is 18.2 Å². The minimum atomic E-state index is -3.42. The van der Waals surface area contributed by atoms with Crippen LogP contribution in [0.2, 0.25) is 5.82 Å². The summed E-state index contributed by atoms with van der Waals surface area (Å²) in [4.78, 5) is 63.4. The molecule has 3 N–H and O–H groups in total. The monoisotopic (exact) mass is 509 g/mol. The van der Waals surface area contributed by atoms with Gasteiger partial charge in [-0.15, -0.1) is 0 Å². The first-order valence-corrected chi connectivity index (χ1v) is 11.3. The van der Waals surface area contributed by atoms with Gasteiger partial charge in [-0.1, -0.05) is 12.1 Å². The molecule has 0 saturated carbocycles. The lowest BCUT2D eigenvalue weighted by Gasteiger charge is -2.33. The first-order chi connectivity index (χ1) is 17.0. The van der Waals surface area contributed by atoms with Gasteiger partial charge in [0, 0.05) is 31.9 Å². The molecule has 2 aliphatic heterocycles. The van der Waals surface area contributed by atoms with Gasteiger partial charge in [0.1, 0.15) is 17.9 Å². The average molecular weight is 509 g/mol. The molecule has 3 atom stereocenters. The molecular formula is C22H26BF2N3O8. The highest BCUT2D eigenvalue weighted by molar-refractivity contribution is 6.47. The zero-order valence-corrected chi connectivity index (χ0v) is 19.6. The second kappa shape index (κ2) is 11.1. The van der Waals surface area contributed by atoms with Crippen LogP contribution in [0, 0.1) is 0 Å². The first-order valence-electron chi connectivity index (χ1n) is 11.3. The number of carbonyl (C=O) groups is 5. The lowest BCUT2D eigenvalue weighted by atomic mass is 9.64. The van der Waals surface area contributed by atoms with E-state index in [4.69, 9.17) is 4.65 Å². The first kappa shape index (κ1) is 27.2. The number of benzene rings is 1. The minimum Gasteiger partial charge on any atom is -0.535 e. The number of aliphatic hydroxyl groups is 1. The predicted molar refractivity (Wildman–Crippen MR) is 120 cm³/mol. The zero-order valence-electron chi connectivity index (χ0n) is 19.6. The number of nitrogens with zero attached hydrogens (tertiary/aromatic N) is 2. The summed E-state index contributed by atoms with van der Waals surface area (Å²) in [6.45, 7) is 2.99. The standard InChI is InChI=1S/C22H26BF2N3O8/c1-3-27-7-8-28(21(33)20(27)32)22(34)26-16(17(31)19(24)25)15(30)10-13-9-12-5-4-6-14(11(2)29)18(12)36-23(13)35/h4-6,13,16-17,19,31,35H,3,7-10H2,1-2H3,(H,26,34)/t13-,16-,17+/m1/s1. The van der Waals surface area contributed by atoms with Crippen molar-refractivity contribution in [3.63, 3.8) is 0 Å². The fraction of sp³-hybridized carbons (Fsp3) is 0.500. The Morgan fingerprint density at radius 3 is 2.53 bits per heavy atom. The molecular weight excluding hydrogens is 483 g/mol. The number of carbonyl (C=O) groups excluding carboxylic acids is 5. The molecule has 11 nitrogen and oxygen atoms in total. The van der Waals surface area contributed by atoms with Crippen molar-refractivity contribution in [2.24, 2.45) is 0 Å². The number of Topliss-reactive ketones (excluding diaryl/α,β-unsaturated/α-hetero) is 2. The number of fused-ring (bicyclic) bond motifs is 1. The Morgan fingerprint density at radius 2 is 1.92 bits per heavy atom. The molecule has 1 fully saturated rings. The Labute approximate surface area is 205 Å². The van der Waals surface area contributed by atoms with Crippen molar-refractivity contribution in [3.8, 4) is 5.75 Å². The van der Waals surface area contributed by atoms with Crippen LogP contribution in [0.4, 0.5) is 13.6 Å². The third kappa shape index (κ3) is 5.54. The summed E-state index contributed by atoms with van der Waals surface area (Å²) in [6, 6.07) is 1.32. The van der Waals surface area contributed by atoms with Gasteiger partial charge in [0.05, 0.1) is 5.56 Å². The molecule has 1 aromatic carbocycles. The van der Waals surface area contributed by atoms with Crippen LogP contribution >= 0.6 is 0 Å². The molecule has 4 amide bonds. The molecule has 0 aromatic heterocycles. The fourth-order valence-corrected chi connectivity index (χ4v) is 4.20. The number of piperazine rings is 1. The van der Waals surface area contributed by atoms with Gasteiger partial charge in [-0.25, -0.2) is 13.6 Å². The van der Waals surface area contributed by atoms with Gasteiger partial charge in [0.15, 0.2) is 11.6 Å². The molecule has 0 bridgehead atoms. The smallest absolute Gasteiger partial charge is 0.526 e. The van der Waals surface area contributed by atoms with Crippen molar-refractivity contribution in [2.75, 3.05) is 19.6 Å². The topological polar surface area (TPSA) is 154 Å². The molecule has 2 heterocycles. The van der Waals surface area contributed by atoms with E-state index in [1.165, 1.54) is 17.9 Å². The Hall–Kier alpha value is -3.39. The van der Waals surface area contributed by atoms with E-state index in [1.807, 2.05) is 5.32 Å². The number of imide groups is 1. The van der Waals surface area contributed by atoms with E-state index in [0.29, 0.717) is 10.5 Å². The number of halogens is 2. The summed E-state index contributed by atoms with van der Waals surface area (Å²) < 4.78 is 32.1. The van der Waals surface area contributed by atoms with E-state index in [9.17, 15) is 42.9 Å². The molecule has 0 spiro atoms. The Kier molecular flexibility index (Phi) is 8.41. The molecule has 36 heavy (non-hydrogen) atoms. The van der Waals surface area contributed by atoms with Crippen molar-refractivity contribution in [3.05, 3.63) is 29.3 Å². The Bertz CT molecular complexity index is 1070. The normalized spacial score (nSPS) is 19.5. The second-order valence-corrected chi connectivity index (χ2v) is 8.59. The van der Waals surface area contributed by atoms with Gasteiger partial charge >= 0.3 is 25.0 Å². The van der Waals surface area contributed by atoms with Gasteiger partial charge in [-0.3, -0.25) is 24.1 Å². The van der Waals surface area contributed by atoms with Gasteiger partial charge in [0.25, 0.3) is 6.43 Å². The summed E-state index contributed by atoms with van der Waals surface area (Å²) in [5, 5.41) is 22.3. The number of nitrogens with one attached hydrogen (secondary N) is 1. The number of hydrogen-bond donors (Lipinski definition) is 3. The number of ketones is 2. The van der Waals surface area contributed by atoms with Crippen molar-refractivity contribution >= 4 is 36.5 Å². The molecule has 1 saturated heterocycles. The van der Waals surface area contributed by atoms with Crippen LogP contribution in [0.25, 0.3) is 0 Å². The van der Waals surface area contributed by atoms with Crippen LogP contribution < -0.4 is 9.97 Å². The number of urea groups is 1. The summed E-state index contributed by atoms with van der Waals surface area (Å²) in [6.07, 6.45) is -6.54. The summed E-state index contributed by atoms with van der Waals surface area (Å²) in [7, 11) is -1.57. The molecule has 1 aromatic rings. The minimum absolute atomic E-state index is 0.0256. The van der Waals surface area contributed by atoms with E-state index in [1.54, 1.807) is 19.1 Å². The molecule has 3 rings (SSSR count). The predicted octanol–water partition coefficient (Wildman–Crippen LogP) is 0.0289. The number of likely N-dealkylation sites (N-methyl/N-ethyl adjacent to an activating group) is 1. The largest absolute Gasteiger partial charge is 0.535 e. The van der Waals surface area contributed by atoms with E-state index in [0.717, 1.165) is 0 Å². The van der Waals surface area contributed by atoms with Crippen molar-refractivity contribution < 1.29 is 47.5 Å². The third-order valence-electron chi connectivity index (χ3n) is 6.22. The maximum Gasteiger partial charge on any atom is 0.526 e. The summed E-state index contributed by atoms with van der Waals surface area (Å²) in [5.74, 6) is -4.26. The SMILES string of the molecule is CCN1CCN(C(=O)N[C@H](C(=O)C[C@H]2Cc3cccc(C(C)=O)c3OB2O)[C@H](O)C(F)F)C(=O)C1=O. The van der Waals surface area contributed by atoms with Crippen molar-refractivity contribution in [1.29, 1.82) is 0 Å². The number of hydrogen-bond acceptors (Lipinski definition) is 8. The molecule has 0 unspecified atom stereocenters. The number of aliphatic hydroxyl groups excluding tert-OH is 1. The highest BCUT2D eigenvalue weighted by Crippen LogP contribution is 2.36. The Balaban J connectivity index is 1.75. The summed E-state index contributed by atoms with van der Waals surface area (Å²) in [5.41, 5.74) is 0.746. The average Bonchev–Trinajstić information content (AvgIpc) is 2.83. The van der Waals surface area contributed by atoms with Gasteiger partial charge < -0.3 is 25.0 Å². The molecule has 0 aliphatic carbocycles. The van der Waals surface area contributed by atoms with E-state index < -0.39 is 61.6 Å². The van der Waals surface area contributed by atoms with E-state index in [-0.39, 0.29) is 43.2 Å². The number of rotatable bonds is 8. The highest BCUT2D eigenvalue weighted by Gasteiger charge is 2.43. The zero-order chi connectivity index (χ0) is 26.7. The number of para-hydroxylation sites is 1. The van der Waals surface area contributed by atoms with Gasteiger partial charge in [0.2, 0.25) is 0 Å². The van der Waals surface area contributed by atoms with Crippen molar-refractivity contribution in [1.82, 2.24) is 15.1 Å². The molecule has 0 radical (unpaired) electrons. The van der Waals surface area contributed by atoms with Crippen LogP contribution in [-0.4, -0.2) is 94.7 Å². The Morgan fingerprint density at radius 1 is 1.22 bits per heavy atom. The maximum atomic E-state index is 13.3. The fourth-order valence-electron chi connectivity index (χ4n) is 4.20. The quantitative estimate of drug-likeness (QED) is 0.252. The summed E-state index contributed by atoms with van der Waals surface area (Å²) >= 11 is 0. The lowest BCUT2D eigenvalue weighted by Crippen LogP contribution is -2.61. The van der Waals surface area contributed by atoms with Crippen LogP contribution in [-0.2, 0) is 20.8 Å². The second-order valence-electron chi connectivity index (χ2n) is 8.59. The number of alkyl halides is 2. The molecule has 194 valence electrons. The van der Waals surface area contributed by atoms with E-state index >= 15 is 0 Å². The highest BCUT2D eigenvalue weighted by atomic mass is 19.3. The number of amides is 4. The maximum absolute atomic E-state index is 13.3. The molecule has 2 aliphatic rings. The van der Waals surface area contributed by atoms with Crippen LogP contribution in [0.5, 0.6) is 5.75 Å². The third-order valence-corrected chi connectivity index (χ3v) is 6.22. The van der Waals surface area contributed by atoms with E-state index in [2.05, 4.69) is 0 Å². The van der Waals surface area contributed by atoms with Gasteiger partial charge in [-0.2, -0.15) is 0 Å². The van der Waals surface area contributed by atoms with Crippen LogP contribution in [0.1, 0.15) is 36.2 Å².